The second-order valence-corrected chi connectivity index (χ2v) is 4.28. The van der Waals surface area contributed by atoms with Crippen LogP contribution in [-0.2, 0) is 0 Å². The number of hydrogen-bond donors (Lipinski definition) is 2. The van der Waals surface area contributed by atoms with Crippen molar-refractivity contribution in [2.45, 2.75) is 13.0 Å². The van der Waals surface area contributed by atoms with Crippen LogP contribution in [-0.4, -0.2) is 20.9 Å². The number of anilines is 1. The van der Waals surface area contributed by atoms with Crippen molar-refractivity contribution < 1.29 is 4.79 Å². The summed E-state index contributed by atoms with van der Waals surface area (Å²) in [6.07, 6.45) is 4.55. The maximum absolute atomic E-state index is 12.0. The van der Waals surface area contributed by atoms with Gasteiger partial charge in [0.25, 0.3) is 5.91 Å². The molecule has 0 aliphatic rings. The molecule has 0 bridgehead atoms. The van der Waals surface area contributed by atoms with Crippen LogP contribution in [0.2, 0.25) is 5.02 Å². The Balaban J connectivity index is 2.16. The van der Waals surface area contributed by atoms with Crippen LogP contribution >= 0.6 is 11.6 Å². The van der Waals surface area contributed by atoms with E-state index in [0.29, 0.717) is 0 Å². The van der Waals surface area contributed by atoms with Gasteiger partial charge < -0.3 is 11.1 Å². The number of pyridine rings is 1. The Morgan fingerprint density at radius 3 is 2.95 bits per heavy atom. The highest BCUT2D eigenvalue weighted by atomic mass is 35.5. The fourth-order valence-electron chi connectivity index (χ4n) is 1.52. The van der Waals surface area contributed by atoms with Gasteiger partial charge in [0.2, 0.25) is 0 Å². The molecular formula is C12H12ClN5O. The summed E-state index contributed by atoms with van der Waals surface area (Å²) in [5.41, 5.74) is 6.47. The minimum atomic E-state index is -0.407. The summed E-state index contributed by atoms with van der Waals surface area (Å²) in [5, 5.41) is 2.83. The largest absolute Gasteiger partial charge is 0.382 e. The lowest BCUT2D eigenvalue weighted by molar-refractivity contribution is 0.0935. The third-order valence-corrected chi connectivity index (χ3v) is 2.94. The Hall–Kier alpha value is -2.21. The Bertz CT molecular complexity index is 590. The molecule has 0 saturated heterocycles. The fraction of sp³-hybridized carbons (Fsp3) is 0.167. The molecule has 0 aliphatic heterocycles. The number of nitrogens with one attached hydrogen (secondary N) is 1. The minimum Gasteiger partial charge on any atom is -0.382 e. The van der Waals surface area contributed by atoms with E-state index in [1.54, 1.807) is 18.5 Å². The molecule has 0 aliphatic carbocycles. The summed E-state index contributed by atoms with van der Waals surface area (Å²) in [6.45, 7) is 1.84. The number of hydrogen-bond acceptors (Lipinski definition) is 5. The zero-order chi connectivity index (χ0) is 13.8. The minimum absolute atomic E-state index is 0.0541. The number of carbonyl (C=O) groups excluding carboxylic acids is 1. The van der Waals surface area contributed by atoms with Crippen molar-refractivity contribution in [2.75, 3.05) is 5.73 Å². The topological polar surface area (TPSA) is 93.8 Å². The summed E-state index contributed by atoms with van der Waals surface area (Å²) in [7, 11) is 0. The summed E-state index contributed by atoms with van der Waals surface area (Å²) >= 11 is 5.89. The summed E-state index contributed by atoms with van der Waals surface area (Å²) in [6, 6.07) is 3.45. The number of nitrogens with zero attached hydrogens (tertiary/aromatic N) is 3. The van der Waals surface area contributed by atoms with Crippen molar-refractivity contribution in [2.24, 2.45) is 0 Å². The van der Waals surface area contributed by atoms with E-state index in [9.17, 15) is 4.79 Å². The molecule has 2 aromatic rings. The van der Waals surface area contributed by atoms with Crippen molar-refractivity contribution in [1.29, 1.82) is 0 Å². The zero-order valence-corrected chi connectivity index (χ0v) is 10.9. The van der Waals surface area contributed by atoms with Crippen LogP contribution in [0.25, 0.3) is 0 Å². The van der Waals surface area contributed by atoms with Crippen molar-refractivity contribution in [3.05, 3.63) is 47.1 Å². The Kier molecular flexibility index (Phi) is 3.91. The first-order valence-corrected chi connectivity index (χ1v) is 5.94. The molecule has 1 unspecified atom stereocenters. The van der Waals surface area contributed by atoms with Crippen LogP contribution in [0.4, 0.5) is 5.82 Å². The van der Waals surface area contributed by atoms with Gasteiger partial charge in [0, 0.05) is 12.4 Å². The molecule has 0 saturated carbocycles. The first kappa shape index (κ1) is 13.2. The van der Waals surface area contributed by atoms with Crippen molar-refractivity contribution in [3.8, 4) is 0 Å². The molecule has 1 amide bonds. The first-order chi connectivity index (χ1) is 9.09. The Morgan fingerprint density at radius 2 is 2.26 bits per heavy atom. The van der Waals surface area contributed by atoms with Crippen molar-refractivity contribution in [3.63, 3.8) is 0 Å². The molecule has 6 nitrogen and oxygen atoms in total. The molecule has 98 valence electrons. The van der Waals surface area contributed by atoms with Crippen LogP contribution in [0, 0.1) is 0 Å². The molecule has 3 N–H and O–H groups in total. The molecule has 7 heteroatoms. The highest BCUT2D eigenvalue weighted by molar-refractivity contribution is 6.35. The molecule has 1 atom stereocenters. The molecule has 2 aromatic heterocycles. The van der Waals surface area contributed by atoms with Gasteiger partial charge in [0.05, 0.1) is 6.04 Å². The maximum atomic E-state index is 12.0. The second-order valence-electron chi connectivity index (χ2n) is 3.90. The average molecular weight is 278 g/mol. The number of nitrogens with two attached hydrogens (primary N) is 1. The zero-order valence-electron chi connectivity index (χ0n) is 10.2. The third kappa shape index (κ3) is 2.97. The van der Waals surface area contributed by atoms with E-state index in [1.807, 2.05) is 13.0 Å². The maximum Gasteiger partial charge on any atom is 0.272 e. The summed E-state index contributed by atoms with van der Waals surface area (Å²) in [4.78, 5) is 23.6. The van der Waals surface area contributed by atoms with Crippen LogP contribution in [0.5, 0.6) is 0 Å². The van der Waals surface area contributed by atoms with Crippen molar-refractivity contribution in [1.82, 2.24) is 20.3 Å². The summed E-state index contributed by atoms with van der Waals surface area (Å²) < 4.78 is 0. The van der Waals surface area contributed by atoms with Gasteiger partial charge in [-0.05, 0) is 18.6 Å². The van der Waals surface area contributed by atoms with Gasteiger partial charge in [-0.3, -0.25) is 9.78 Å². The van der Waals surface area contributed by atoms with Gasteiger partial charge in [0.1, 0.15) is 17.2 Å². The van der Waals surface area contributed by atoms with Gasteiger partial charge in [-0.15, -0.1) is 0 Å². The molecular weight excluding hydrogens is 266 g/mol. The molecule has 2 rings (SSSR count). The number of nitrogen functional groups attached to an aromatic ring is 1. The molecule has 0 aromatic carbocycles. The van der Waals surface area contributed by atoms with Gasteiger partial charge in [-0.1, -0.05) is 17.7 Å². The monoisotopic (exact) mass is 277 g/mol. The SMILES string of the molecule is CC(NC(=O)c1ncnc(N)c1Cl)c1cccnc1. The van der Waals surface area contributed by atoms with Crippen LogP contribution in [0.1, 0.15) is 29.0 Å². The quantitative estimate of drug-likeness (QED) is 0.889. The van der Waals surface area contributed by atoms with Crippen LogP contribution in [0.15, 0.2) is 30.9 Å². The number of carbonyl (C=O) groups is 1. The Labute approximate surface area is 115 Å². The third-order valence-electron chi connectivity index (χ3n) is 2.56. The van der Waals surface area contributed by atoms with Crippen LogP contribution < -0.4 is 11.1 Å². The van der Waals surface area contributed by atoms with E-state index < -0.39 is 5.91 Å². The second kappa shape index (κ2) is 5.62. The molecule has 0 spiro atoms. The number of aromatic nitrogens is 3. The average Bonchev–Trinajstić information content (AvgIpc) is 2.42. The van der Waals surface area contributed by atoms with E-state index in [0.717, 1.165) is 5.56 Å². The predicted molar refractivity (Wildman–Crippen MR) is 71.6 cm³/mol. The van der Waals surface area contributed by atoms with Gasteiger partial charge in [-0.2, -0.15) is 0 Å². The highest BCUT2D eigenvalue weighted by Gasteiger charge is 2.17. The lowest BCUT2D eigenvalue weighted by Gasteiger charge is -2.14. The normalized spacial score (nSPS) is 11.9. The molecule has 2 heterocycles. The summed E-state index contributed by atoms with van der Waals surface area (Å²) in [5.74, 6) is -0.327. The van der Waals surface area contributed by atoms with E-state index in [1.165, 1.54) is 6.33 Å². The number of amides is 1. The Morgan fingerprint density at radius 1 is 1.47 bits per heavy atom. The fourth-order valence-corrected chi connectivity index (χ4v) is 1.71. The van der Waals surface area contributed by atoms with Gasteiger partial charge in [-0.25, -0.2) is 9.97 Å². The number of rotatable bonds is 3. The van der Waals surface area contributed by atoms with Crippen molar-refractivity contribution >= 4 is 23.3 Å². The highest BCUT2D eigenvalue weighted by Crippen LogP contribution is 2.19. The lowest BCUT2D eigenvalue weighted by Crippen LogP contribution is -2.28. The standard InChI is InChI=1S/C12H12ClN5O/c1-7(8-3-2-4-15-5-8)18-12(19)10-9(13)11(14)17-6-16-10/h2-7H,1H3,(H,18,19)(H2,14,16,17). The van der Waals surface area contributed by atoms with Crippen LogP contribution in [0.3, 0.4) is 0 Å². The molecule has 19 heavy (non-hydrogen) atoms. The smallest absolute Gasteiger partial charge is 0.272 e. The lowest BCUT2D eigenvalue weighted by atomic mass is 10.1. The van der Waals surface area contributed by atoms with E-state index in [2.05, 4.69) is 20.3 Å². The van der Waals surface area contributed by atoms with E-state index in [-0.39, 0.29) is 22.6 Å². The molecule has 0 fully saturated rings. The molecule has 0 radical (unpaired) electrons. The van der Waals surface area contributed by atoms with Gasteiger partial charge in [0.15, 0.2) is 5.69 Å². The van der Waals surface area contributed by atoms with E-state index >= 15 is 0 Å². The number of halogens is 1. The van der Waals surface area contributed by atoms with Gasteiger partial charge >= 0.3 is 0 Å². The first-order valence-electron chi connectivity index (χ1n) is 5.56. The van der Waals surface area contributed by atoms with E-state index in [4.69, 9.17) is 17.3 Å². The predicted octanol–water partition coefficient (Wildman–Crippen LogP) is 1.60.